The number of hydrogen-bond donors (Lipinski definition) is 11. The molecule has 7 atom stereocenters. The summed E-state index contributed by atoms with van der Waals surface area (Å²) in [5, 5.41) is 88.2. The van der Waals surface area contributed by atoms with Crippen molar-refractivity contribution in [3.8, 4) is 0 Å². The molecule has 0 aromatic carbocycles. The third-order valence-corrected chi connectivity index (χ3v) is 8.16. The van der Waals surface area contributed by atoms with Crippen molar-refractivity contribution in [2.75, 3.05) is 158 Å². The monoisotopic (exact) mass is 878 g/mol. The van der Waals surface area contributed by atoms with E-state index in [9.17, 15) is 45.3 Å². The molecule has 0 amide bonds. The van der Waals surface area contributed by atoms with E-state index in [0.717, 1.165) is 22.0 Å². The number of aliphatic hydroxyl groups is 9. The van der Waals surface area contributed by atoms with Crippen molar-refractivity contribution >= 4 is 11.9 Å². The SMILES string of the molecule is C=CC(=O)OCC(O)COC(COCCCOCC(O)C[NH+](CCO)CCO)COCC(O)COCC(COCC(O)C[NH+](CCO)CCO)OCC(O)COC(=O)C=C. The summed E-state index contributed by atoms with van der Waals surface area (Å²) in [6, 6.07) is 0. The predicted molar refractivity (Wildman–Crippen MR) is 210 cm³/mol. The summed E-state index contributed by atoms with van der Waals surface area (Å²) < 4.78 is 49.2. The van der Waals surface area contributed by atoms with E-state index in [4.69, 9.17) is 52.8 Å². The first kappa shape index (κ1) is 57.7. The summed E-state index contributed by atoms with van der Waals surface area (Å²) in [4.78, 5) is 24.3. The molecule has 0 spiro atoms. The molecule has 0 heterocycles. The Kier molecular flexibility index (Phi) is 38.0. The fourth-order valence-electron chi connectivity index (χ4n) is 5.18. The minimum atomic E-state index is -1.18. The lowest BCUT2D eigenvalue weighted by atomic mass is 10.3. The van der Waals surface area contributed by atoms with Gasteiger partial charge in [-0.05, 0) is 6.42 Å². The minimum absolute atomic E-state index is 0.0313. The van der Waals surface area contributed by atoms with Gasteiger partial charge in [-0.15, -0.1) is 0 Å². The summed E-state index contributed by atoms with van der Waals surface area (Å²) in [6.45, 7) is 6.97. The molecule has 0 aliphatic heterocycles. The molecule has 0 radical (unpaired) electrons. The molecule has 0 aliphatic rings. The zero-order valence-corrected chi connectivity index (χ0v) is 34.8. The van der Waals surface area contributed by atoms with Crippen molar-refractivity contribution in [2.45, 2.75) is 49.1 Å². The third-order valence-electron chi connectivity index (χ3n) is 8.16. The van der Waals surface area contributed by atoms with E-state index >= 15 is 0 Å². The summed E-state index contributed by atoms with van der Waals surface area (Å²) in [6.07, 6.45) is -4.22. The molecule has 0 aromatic rings. The van der Waals surface area contributed by atoms with E-state index in [0.29, 0.717) is 39.1 Å². The Hall–Kier alpha value is -2.30. The Labute approximate surface area is 352 Å². The Morgan fingerprint density at radius 1 is 0.450 bits per heavy atom. The van der Waals surface area contributed by atoms with Gasteiger partial charge in [-0.25, -0.2) is 9.59 Å². The van der Waals surface area contributed by atoms with E-state index in [1.165, 1.54) is 0 Å². The van der Waals surface area contributed by atoms with Crippen molar-refractivity contribution in [1.82, 2.24) is 0 Å². The van der Waals surface area contributed by atoms with E-state index in [2.05, 4.69) is 13.2 Å². The first-order valence-corrected chi connectivity index (χ1v) is 20.1. The van der Waals surface area contributed by atoms with Crippen LogP contribution in [-0.2, 0) is 52.2 Å². The van der Waals surface area contributed by atoms with Crippen LogP contribution in [0.1, 0.15) is 6.42 Å². The van der Waals surface area contributed by atoms with E-state index < -0.39 is 54.7 Å². The quantitative estimate of drug-likeness (QED) is 0.0154. The standard InChI is InChI=1S/C38H72N2O20/c1-3-37(50)59-24-33(48)22-57-35(26-53-15-5-14-52-18-30(45)16-39(6-10-41)7-11-42)27-55-20-32(47)21-56-29-36(58-23-34(49)25-60-38(51)4-2)28-54-19-31(46)17-40(8-12-43)9-13-44/h3-4,30-36,41-49H,1-2,5-29H2/p+2. The van der Waals surface area contributed by atoms with Gasteiger partial charge in [0, 0.05) is 25.4 Å². The molecular weight excluding hydrogens is 804 g/mol. The molecule has 7 unspecified atom stereocenters. The van der Waals surface area contributed by atoms with Gasteiger partial charge in [0.2, 0.25) is 0 Å². The zero-order valence-electron chi connectivity index (χ0n) is 34.8. The van der Waals surface area contributed by atoms with Crippen LogP contribution in [-0.4, -0.2) is 259 Å². The molecule has 0 saturated heterocycles. The molecule has 22 heteroatoms. The Balaban J connectivity index is 4.98. The lowest BCUT2D eigenvalue weighted by molar-refractivity contribution is -0.904. The number of carbonyl (C=O) groups excluding carboxylic acids is 2. The molecule has 0 bridgehead atoms. The summed E-state index contributed by atoms with van der Waals surface area (Å²) in [7, 11) is 0. The van der Waals surface area contributed by atoms with Gasteiger partial charge in [-0.3, -0.25) is 0 Å². The second kappa shape index (κ2) is 39.5. The number of ether oxygens (including phenoxy) is 9. The Morgan fingerprint density at radius 2 is 0.767 bits per heavy atom. The van der Waals surface area contributed by atoms with E-state index in [1.54, 1.807) is 0 Å². The lowest BCUT2D eigenvalue weighted by Gasteiger charge is -2.23. The van der Waals surface area contributed by atoms with Gasteiger partial charge in [0.05, 0.1) is 92.5 Å². The average molecular weight is 879 g/mol. The number of hydrogen-bond acceptors (Lipinski definition) is 20. The average Bonchev–Trinajstić information content (AvgIpc) is 3.22. The van der Waals surface area contributed by atoms with Crippen molar-refractivity contribution in [3.63, 3.8) is 0 Å². The van der Waals surface area contributed by atoms with Gasteiger partial charge in [0.15, 0.2) is 0 Å². The third kappa shape index (κ3) is 34.3. The molecule has 11 N–H and O–H groups in total. The molecule has 0 saturated carbocycles. The van der Waals surface area contributed by atoms with Crippen LogP contribution in [0.5, 0.6) is 0 Å². The molecule has 0 fully saturated rings. The first-order chi connectivity index (χ1) is 28.9. The number of nitrogens with one attached hydrogen (secondary N) is 2. The lowest BCUT2D eigenvalue weighted by Crippen LogP contribution is -3.14. The van der Waals surface area contributed by atoms with Gasteiger partial charge in [-0.1, -0.05) is 13.2 Å². The highest BCUT2D eigenvalue weighted by Gasteiger charge is 2.20. The molecule has 0 aromatic heterocycles. The summed E-state index contributed by atoms with van der Waals surface area (Å²) in [5.74, 6) is -1.42. The maximum absolute atomic E-state index is 11.3. The number of carbonyl (C=O) groups is 2. The van der Waals surface area contributed by atoms with Gasteiger partial charge in [-0.2, -0.15) is 0 Å². The highest BCUT2D eigenvalue weighted by molar-refractivity contribution is 5.81. The summed E-state index contributed by atoms with van der Waals surface area (Å²) >= 11 is 0. The second-order valence-corrected chi connectivity index (χ2v) is 13.8. The van der Waals surface area contributed by atoms with Crippen LogP contribution in [0.15, 0.2) is 25.3 Å². The molecule has 60 heavy (non-hydrogen) atoms. The predicted octanol–water partition coefficient (Wildman–Crippen LogP) is -7.77. The van der Waals surface area contributed by atoms with Crippen LogP contribution in [0.4, 0.5) is 0 Å². The number of quaternary nitrogens is 2. The van der Waals surface area contributed by atoms with E-state index in [-0.39, 0.29) is 125 Å². The number of rotatable bonds is 44. The van der Waals surface area contributed by atoms with E-state index in [1.807, 2.05) is 0 Å². The fourth-order valence-corrected chi connectivity index (χ4v) is 5.18. The van der Waals surface area contributed by atoms with Gasteiger partial charge < -0.3 is 98.4 Å². The van der Waals surface area contributed by atoms with Crippen molar-refractivity contribution in [2.24, 2.45) is 0 Å². The van der Waals surface area contributed by atoms with Crippen LogP contribution >= 0.6 is 0 Å². The van der Waals surface area contributed by atoms with Crippen LogP contribution in [0.2, 0.25) is 0 Å². The Bertz CT molecular complexity index is 1040. The maximum atomic E-state index is 11.3. The largest absolute Gasteiger partial charge is 0.460 e. The first-order valence-electron chi connectivity index (χ1n) is 20.1. The van der Waals surface area contributed by atoms with Gasteiger partial charge in [0.1, 0.15) is 95.2 Å². The van der Waals surface area contributed by atoms with Crippen LogP contribution in [0.25, 0.3) is 0 Å². The highest BCUT2D eigenvalue weighted by atomic mass is 16.6. The molecule has 0 rings (SSSR count). The normalized spacial score (nSPS) is 15.3. The highest BCUT2D eigenvalue weighted by Crippen LogP contribution is 2.03. The maximum Gasteiger partial charge on any atom is 0.330 e. The molecule has 22 nitrogen and oxygen atoms in total. The fraction of sp³-hybridized carbons (Fsp3) is 0.842. The van der Waals surface area contributed by atoms with Crippen molar-refractivity contribution in [3.05, 3.63) is 25.3 Å². The molecule has 0 aliphatic carbocycles. The van der Waals surface area contributed by atoms with Gasteiger partial charge in [0.25, 0.3) is 0 Å². The molecule has 354 valence electrons. The number of aliphatic hydroxyl groups excluding tert-OH is 9. The Morgan fingerprint density at radius 3 is 1.13 bits per heavy atom. The van der Waals surface area contributed by atoms with Crippen LogP contribution in [0.3, 0.4) is 0 Å². The smallest absolute Gasteiger partial charge is 0.330 e. The van der Waals surface area contributed by atoms with Gasteiger partial charge >= 0.3 is 11.9 Å². The number of esters is 2. The molecular formula is C38H74N2O20+2. The van der Waals surface area contributed by atoms with Crippen molar-refractivity contribution < 1.29 is 108 Å². The summed E-state index contributed by atoms with van der Waals surface area (Å²) in [5.41, 5.74) is 0. The minimum Gasteiger partial charge on any atom is -0.460 e. The van der Waals surface area contributed by atoms with Crippen LogP contribution < -0.4 is 9.80 Å². The zero-order chi connectivity index (χ0) is 44.8. The van der Waals surface area contributed by atoms with Crippen molar-refractivity contribution in [1.29, 1.82) is 0 Å². The van der Waals surface area contributed by atoms with Crippen LogP contribution in [0, 0.1) is 0 Å². The second-order valence-electron chi connectivity index (χ2n) is 13.8. The topological polar surface area (TPSA) is 308 Å².